The predicted molar refractivity (Wildman–Crippen MR) is 205 cm³/mol. The van der Waals surface area contributed by atoms with Crippen molar-refractivity contribution in [1.82, 2.24) is 0 Å². The number of fused-ring (bicyclic) bond motifs is 2. The summed E-state index contributed by atoms with van der Waals surface area (Å²) in [4.78, 5) is 0. The van der Waals surface area contributed by atoms with Crippen LogP contribution in [0.1, 0.15) is 54.5 Å². The van der Waals surface area contributed by atoms with Crippen LogP contribution in [0, 0.1) is 12.8 Å². The van der Waals surface area contributed by atoms with Gasteiger partial charge < -0.3 is 0 Å². The van der Waals surface area contributed by atoms with Gasteiger partial charge in [0.15, 0.2) is 0 Å². The molecule has 0 N–H and O–H groups in total. The summed E-state index contributed by atoms with van der Waals surface area (Å²) in [7, 11) is 17.6. The van der Waals surface area contributed by atoms with Crippen LogP contribution in [0.5, 0.6) is 0 Å². The van der Waals surface area contributed by atoms with Crippen molar-refractivity contribution in [1.29, 1.82) is 0 Å². The van der Waals surface area contributed by atoms with E-state index in [2.05, 4.69) is 167 Å². The monoisotopic (exact) mass is 747 g/mol. The maximum absolute atomic E-state index is 8.82. The van der Waals surface area contributed by atoms with Gasteiger partial charge in [-0.05, 0) is 0 Å². The van der Waals surface area contributed by atoms with Crippen molar-refractivity contribution in [2.24, 2.45) is 5.92 Å². The molecule has 5 aromatic rings. The predicted octanol–water partition coefficient (Wildman–Crippen LogP) is 12.8. The zero-order valence-electron chi connectivity index (χ0n) is 28.0. The van der Waals surface area contributed by atoms with Gasteiger partial charge in [0.25, 0.3) is 0 Å². The minimum absolute atomic E-state index is 0.0313. The maximum atomic E-state index is 8.82. The third-order valence-electron chi connectivity index (χ3n) is 10.9. The van der Waals surface area contributed by atoms with E-state index >= 15 is 0 Å². The standard InChI is InChI=1S/C23H19.C18H17.C2H7Si.2ClH.Zr/c1-17-12-13-21(20-10-6-3-7-11-20)23-16-19(15-22(17)23)14-18-8-4-2-5-9-18;1-13(2)16-11-15-9-6-10-17(18(15)12-16)14-7-4-3-5-8-14;1-3-2;;;/h2-13,15-16H,14H2,1H3;3-13H,1-2H3;3H,1-2H3;2*1H;/q;;;;;+2/p-2. The van der Waals surface area contributed by atoms with E-state index in [1.54, 1.807) is 0 Å². The summed E-state index contributed by atoms with van der Waals surface area (Å²) in [5.41, 5.74) is 15.8. The van der Waals surface area contributed by atoms with Crippen LogP contribution in [0.3, 0.4) is 0 Å². The molecule has 4 heteroatoms. The molecule has 0 aromatic heterocycles. The molecule has 7 rings (SSSR count). The SMILES string of the molecule is Cc1ccc(-c2ccccc2)c2c1[CH]([Zr]([Cl])([Cl])([CH]1C(C(C)C)=Cc3c(-c4ccccc4)cccc31)[SiH](C)C)C(Cc1ccccc1)=C2. The second-order valence-electron chi connectivity index (χ2n) is 14.2. The molecule has 0 spiro atoms. The van der Waals surface area contributed by atoms with E-state index in [1.165, 1.54) is 66.8 Å². The molecule has 0 amide bonds. The Morgan fingerprint density at radius 2 is 1.21 bits per heavy atom. The van der Waals surface area contributed by atoms with Crippen LogP contribution in [0.15, 0.2) is 132 Å². The van der Waals surface area contributed by atoms with Gasteiger partial charge in [0.2, 0.25) is 0 Å². The average Bonchev–Trinajstić information content (AvgIpc) is 3.68. The molecule has 0 bridgehead atoms. The van der Waals surface area contributed by atoms with Gasteiger partial charge in [0.05, 0.1) is 0 Å². The van der Waals surface area contributed by atoms with Crippen LogP contribution < -0.4 is 0 Å². The van der Waals surface area contributed by atoms with E-state index < -0.39 is 21.5 Å². The number of benzene rings is 5. The Balaban J connectivity index is 1.51. The van der Waals surface area contributed by atoms with Crippen molar-refractivity contribution in [3.63, 3.8) is 0 Å². The molecule has 0 radical (unpaired) electrons. The molecule has 0 heterocycles. The Morgan fingerprint density at radius 1 is 0.638 bits per heavy atom. The van der Waals surface area contributed by atoms with Gasteiger partial charge in [0.1, 0.15) is 0 Å². The Hall–Kier alpha value is -2.74. The number of hydrogen-bond donors (Lipinski definition) is 0. The van der Waals surface area contributed by atoms with Gasteiger partial charge in [0, 0.05) is 0 Å². The first-order valence-electron chi connectivity index (χ1n) is 17.0. The van der Waals surface area contributed by atoms with Crippen molar-refractivity contribution in [2.75, 3.05) is 0 Å². The summed E-state index contributed by atoms with van der Waals surface area (Å²) < 4.78 is 0.0868. The first-order chi connectivity index (χ1) is 22.6. The van der Waals surface area contributed by atoms with Crippen LogP contribution in [-0.2, 0) is 22.0 Å². The number of allylic oxidation sites excluding steroid dienone is 2. The second kappa shape index (κ2) is 12.6. The molecule has 5 aromatic carbocycles. The molecule has 2 aliphatic carbocycles. The van der Waals surface area contributed by atoms with E-state index in [1.807, 2.05) is 0 Å². The van der Waals surface area contributed by atoms with Crippen LogP contribution in [0.2, 0.25) is 13.1 Å². The van der Waals surface area contributed by atoms with E-state index in [0.717, 1.165) is 6.42 Å². The number of hydrogen-bond acceptors (Lipinski definition) is 0. The second-order valence-corrected chi connectivity index (χ2v) is 56.7. The normalized spacial score (nSPS) is 18.0. The van der Waals surface area contributed by atoms with Gasteiger partial charge in [-0.15, -0.1) is 0 Å². The quantitative estimate of drug-likeness (QED) is 0.139. The molecule has 237 valence electrons. The van der Waals surface area contributed by atoms with Gasteiger partial charge in [-0.2, -0.15) is 0 Å². The topological polar surface area (TPSA) is 0 Å². The third kappa shape index (κ3) is 5.45. The summed E-state index contributed by atoms with van der Waals surface area (Å²) in [6.07, 6.45) is 5.82. The van der Waals surface area contributed by atoms with Gasteiger partial charge in [-0.25, -0.2) is 0 Å². The summed E-state index contributed by atoms with van der Waals surface area (Å²) in [5, 5.41) is 0. The van der Waals surface area contributed by atoms with Crippen LogP contribution in [0.25, 0.3) is 34.4 Å². The van der Waals surface area contributed by atoms with Crippen molar-refractivity contribution < 1.29 is 15.6 Å². The molecule has 0 aliphatic heterocycles. The van der Waals surface area contributed by atoms with Crippen LogP contribution >= 0.6 is 17.0 Å². The summed E-state index contributed by atoms with van der Waals surface area (Å²) in [6.45, 7) is 11.9. The number of halogens is 2. The van der Waals surface area contributed by atoms with Crippen molar-refractivity contribution in [2.45, 2.75) is 47.5 Å². The molecule has 0 fully saturated rings. The molecule has 47 heavy (non-hydrogen) atoms. The van der Waals surface area contributed by atoms with Gasteiger partial charge >= 0.3 is 292 Å². The van der Waals surface area contributed by atoms with E-state index in [0.29, 0.717) is 5.92 Å². The Kier molecular flexibility index (Phi) is 8.80. The van der Waals surface area contributed by atoms with Crippen LogP contribution in [-0.4, -0.2) is 5.92 Å². The first-order valence-corrected chi connectivity index (χ1v) is 33.3. The fourth-order valence-corrected chi connectivity index (χ4v) is 39.9. The van der Waals surface area contributed by atoms with Gasteiger partial charge in [-0.1, -0.05) is 0 Å². The molecular formula is C43H43Cl2SiZr. The van der Waals surface area contributed by atoms with E-state index in [4.69, 9.17) is 17.0 Å². The fourth-order valence-electron chi connectivity index (χ4n) is 8.47. The zero-order chi connectivity index (χ0) is 32.9. The molecule has 2 unspecified atom stereocenters. The zero-order valence-corrected chi connectivity index (χ0v) is 33.1. The average molecular weight is 750 g/mol. The van der Waals surface area contributed by atoms with E-state index in [9.17, 15) is 0 Å². The molecule has 0 saturated heterocycles. The summed E-state index contributed by atoms with van der Waals surface area (Å²) in [6, 6.07) is 44.0. The van der Waals surface area contributed by atoms with Crippen molar-refractivity contribution in [3.05, 3.63) is 166 Å². The summed E-state index contributed by atoms with van der Waals surface area (Å²) >= 11 is -4.98. The molecule has 2 aliphatic rings. The number of aryl methyl sites for hydroxylation is 1. The summed E-state index contributed by atoms with van der Waals surface area (Å²) in [5.74, 6) is -1.38. The van der Waals surface area contributed by atoms with Crippen molar-refractivity contribution in [3.8, 4) is 22.3 Å². The van der Waals surface area contributed by atoms with Crippen molar-refractivity contribution >= 4 is 35.1 Å². The van der Waals surface area contributed by atoms with Crippen LogP contribution in [0.4, 0.5) is 0 Å². The van der Waals surface area contributed by atoms with E-state index in [-0.39, 0.29) is 7.25 Å². The fraction of sp³-hybridized carbons (Fsp3) is 0.209. The minimum atomic E-state index is -4.98. The number of rotatable bonds is 8. The Morgan fingerprint density at radius 3 is 1.79 bits per heavy atom. The first kappa shape index (κ1) is 32.8. The molecule has 2 atom stereocenters. The van der Waals surface area contributed by atoms with Gasteiger partial charge in [-0.3, -0.25) is 0 Å². The molecule has 0 saturated carbocycles. The Bertz CT molecular complexity index is 2010. The molecule has 0 nitrogen and oxygen atoms in total. The molecular weight excluding hydrogens is 707 g/mol. The third-order valence-corrected chi connectivity index (χ3v) is 62.6. The Labute approximate surface area is 290 Å².